The zero-order valence-electron chi connectivity index (χ0n) is 20.0. The van der Waals surface area contributed by atoms with Gasteiger partial charge in [0.05, 0.1) is 32.1 Å². The van der Waals surface area contributed by atoms with Gasteiger partial charge in [-0.1, -0.05) is 40.9 Å². The molecule has 41 heavy (non-hydrogen) atoms. The first-order valence-electron chi connectivity index (χ1n) is 10.7. The van der Waals surface area contributed by atoms with E-state index in [0.29, 0.717) is 31.2 Å². The molecule has 5 nitrogen and oxygen atoms in total. The lowest BCUT2D eigenvalue weighted by Crippen LogP contribution is -2.39. The highest BCUT2D eigenvalue weighted by Gasteiger charge is 2.44. The van der Waals surface area contributed by atoms with Crippen molar-refractivity contribution in [1.82, 2.24) is 5.06 Å². The average molecular weight is 664 g/mol. The van der Waals surface area contributed by atoms with Crippen LogP contribution < -0.4 is 5.73 Å². The van der Waals surface area contributed by atoms with Crippen molar-refractivity contribution in [3.8, 4) is 0 Å². The zero-order valence-corrected chi connectivity index (χ0v) is 22.2. The molecule has 0 aliphatic rings. The summed E-state index contributed by atoms with van der Waals surface area (Å²) in [6.45, 7) is -1.86. The topological polar surface area (TPSA) is 83.6 Å². The second-order valence-corrected chi connectivity index (χ2v) is 9.57. The van der Waals surface area contributed by atoms with Crippen molar-refractivity contribution in [2.45, 2.75) is 37.3 Å². The number of hydroxylamine groups is 2. The Balaban J connectivity index is 2.91. The lowest BCUT2D eigenvalue weighted by Gasteiger charge is -2.26. The SMILES string of the molecule is C[C@@H](C(=O)N(O)CC(F)(F)F)c1c(/C(F)=C/C(c2cc(Cl)c(Cl)c(Cl)c2)C(F)(F)F)ccc(C(N)=O)c1C(F)(F)F. The minimum absolute atomic E-state index is 0.206. The number of nitrogens with two attached hydrogens (primary N) is 1. The number of alkyl halides is 9. The van der Waals surface area contributed by atoms with Crippen LogP contribution in [-0.2, 0) is 11.0 Å². The van der Waals surface area contributed by atoms with Crippen LogP contribution in [-0.4, -0.2) is 41.0 Å². The summed E-state index contributed by atoms with van der Waals surface area (Å²) < 4.78 is 138. The lowest BCUT2D eigenvalue weighted by atomic mass is 9.85. The summed E-state index contributed by atoms with van der Waals surface area (Å²) in [6, 6.07) is 1.99. The van der Waals surface area contributed by atoms with E-state index in [-0.39, 0.29) is 11.1 Å². The van der Waals surface area contributed by atoms with Gasteiger partial charge in [-0.05, 0) is 42.3 Å². The summed E-state index contributed by atoms with van der Waals surface area (Å²) in [5, 5.41) is 7.21. The minimum Gasteiger partial charge on any atom is -0.366 e. The Morgan fingerprint density at radius 1 is 0.976 bits per heavy atom. The number of benzene rings is 2. The number of carbonyl (C=O) groups is 2. The molecule has 2 atom stereocenters. The van der Waals surface area contributed by atoms with Crippen molar-refractivity contribution < 1.29 is 58.7 Å². The van der Waals surface area contributed by atoms with Gasteiger partial charge in [0.2, 0.25) is 5.91 Å². The van der Waals surface area contributed by atoms with Crippen LogP contribution in [0.15, 0.2) is 30.3 Å². The summed E-state index contributed by atoms with van der Waals surface area (Å²) in [4.78, 5) is 24.2. The molecule has 0 aromatic heterocycles. The van der Waals surface area contributed by atoms with E-state index >= 15 is 4.39 Å². The van der Waals surface area contributed by atoms with Crippen LogP contribution in [0, 0.1) is 0 Å². The molecular weight excluding hydrogens is 649 g/mol. The third-order valence-corrected chi connectivity index (χ3v) is 6.67. The van der Waals surface area contributed by atoms with Crippen molar-refractivity contribution >= 4 is 52.4 Å². The summed E-state index contributed by atoms with van der Waals surface area (Å²) >= 11 is 17.2. The van der Waals surface area contributed by atoms with Gasteiger partial charge >= 0.3 is 18.5 Å². The molecule has 0 saturated heterocycles. The van der Waals surface area contributed by atoms with Gasteiger partial charge in [0.15, 0.2) is 0 Å². The Morgan fingerprint density at radius 2 is 1.46 bits per heavy atom. The number of hydrogen-bond acceptors (Lipinski definition) is 3. The highest BCUT2D eigenvalue weighted by molar-refractivity contribution is 6.48. The van der Waals surface area contributed by atoms with E-state index in [1.165, 1.54) is 0 Å². The molecular formula is C23H15Cl3F10N2O3. The first-order chi connectivity index (χ1) is 18.5. The summed E-state index contributed by atoms with van der Waals surface area (Å²) in [5.74, 6) is -11.3. The van der Waals surface area contributed by atoms with Gasteiger partial charge in [-0.3, -0.25) is 14.8 Å². The molecule has 3 N–H and O–H groups in total. The highest BCUT2D eigenvalue weighted by Crippen LogP contribution is 2.45. The smallest absolute Gasteiger partial charge is 0.366 e. The van der Waals surface area contributed by atoms with Gasteiger partial charge in [-0.2, -0.15) is 39.5 Å². The van der Waals surface area contributed by atoms with Crippen LogP contribution >= 0.6 is 34.8 Å². The van der Waals surface area contributed by atoms with Crippen LogP contribution in [0.1, 0.15) is 51.4 Å². The molecule has 2 aromatic carbocycles. The Kier molecular flexibility index (Phi) is 10.3. The van der Waals surface area contributed by atoms with E-state index in [9.17, 15) is 54.3 Å². The summed E-state index contributed by atoms with van der Waals surface area (Å²) in [6.07, 6.45) is -16.4. The van der Waals surface area contributed by atoms with Crippen LogP contribution in [0.4, 0.5) is 43.9 Å². The Morgan fingerprint density at radius 3 is 1.88 bits per heavy atom. The molecule has 0 saturated carbocycles. The van der Waals surface area contributed by atoms with E-state index in [2.05, 4.69) is 0 Å². The second-order valence-electron chi connectivity index (χ2n) is 8.38. The third kappa shape index (κ3) is 8.17. The van der Waals surface area contributed by atoms with Crippen LogP contribution in [0.2, 0.25) is 15.1 Å². The molecule has 0 bridgehead atoms. The van der Waals surface area contributed by atoms with Crippen LogP contribution in [0.3, 0.4) is 0 Å². The third-order valence-electron chi connectivity index (χ3n) is 5.47. The molecule has 226 valence electrons. The fraction of sp³-hybridized carbons (Fsp3) is 0.304. The predicted octanol–water partition coefficient (Wildman–Crippen LogP) is 8.30. The molecule has 2 amide bonds. The Labute approximate surface area is 239 Å². The van der Waals surface area contributed by atoms with Crippen molar-refractivity contribution in [3.05, 3.63) is 73.2 Å². The van der Waals surface area contributed by atoms with Gasteiger partial charge in [-0.15, -0.1) is 0 Å². The van der Waals surface area contributed by atoms with Crippen LogP contribution in [0.25, 0.3) is 5.83 Å². The second kappa shape index (κ2) is 12.2. The quantitative estimate of drug-likeness (QED) is 0.135. The van der Waals surface area contributed by atoms with Crippen LogP contribution in [0.5, 0.6) is 0 Å². The van der Waals surface area contributed by atoms with E-state index in [0.717, 1.165) is 0 Å². The normalized spacial score (nSPS) is 14.6. The highest BCUT2D eigenvalue weighted by atomic mass is 35.5. The molecule has 0 aliphatic carbocycles. The fourth-order valence-electron chi connectivity index (χ4n) is 3.75. The van der Waals surface area contributed by atoms with Crippen molar-refractivity contribution in [2.75, 3.05) is 6.54 Å². The summed E-state index contributed by atoms with van der Waals surface area (Å²) in [7, 11) is 0. The Hall–Kier alpha value is -2.75. The number of primary amides is 1. The van der Waals surface area contributed by atoms with E-state index in [1.54, 1.807) is 0 Å². The standard InChI is InChI=1S/C23H15Cl3F10N2O3/c1-8(20(40)38(41)7-21(28,29)30)16-10(2-3-11(19(37)39)17(16)23(34,35)36)15(27)6-12(22(31,32)33)9-4-13(24)18(26)14(25)5-9/h2-6,8,12,41H,7H2,1H3,(H2,37,39)/b15-6-/t8-,12?/m1/s1. The number of nitrogens with zero attached hydrogens (tertiary/aromatic N) is 1. The molecule has 0 fully saturated rings. The first-order valence-corrected chi connectivity index (χ1v) is 11.8. The number of carbonyl (C=O) groups excluding carboxylic acids is 2. The molecule has 0 radical (unpaired) electrons. The molecule has 1 unspecified atom stereocenters. The predicted molar refractivity (Wildman–Crippen MR) is 127 cm³/mol. The maximum absolute atomic E-state index is 15.6. The largest absolute Gasteiger partial charge is 0.417 e. The lowest BCUT2D eigenvalue weighted by molar-refractivity contribution is -0.213. The molecule has 0 spiro atoms. The molecule has 18 heteroatoms. The van der Waals surface area contributed by atoms with Gasteiger partial charge < -0.3 is 5.73 Å². The van der Waals surface area contributed by atoms with Gasteiger partial charge in [-0.25, -0.2) is 9.45 Å². The monoisotopic (exact) mass is 662 g/mol. The first kappa shape index (κ1) is 34.5. The maximum Gasteiger partial charge on any atom is 0.417 e. The summed E-state index contributed by atoms with van der Waals surface area (Å²) in [5.41, 5.74) is -2.29. The van der Waals surface area contributed by atoms with Gasteiger partial charge in [0, 0.05) is 5.56 Å². The van der Waals surface area contributed by atoms with E-state index < -0.39 is 97.5 Å². The van der Waals surface area contributed by atoms with Crippen molar-refractivity contribution in [3.63, 3.8) is 0 Å². The zero-order chi connectivity index (χ0) is 31.8. The van der Waals surface area contributed by atoms with Crippen molar-refractivity contribution in [2.24, 2.45) is 5.73 Å². The Bertz CT molecular complexity index is 1350. The number of halogens is 13. The van der Waals surface area contributed by atoms with E-state index in [4.69, 9.17) is 40.5 Å². The number of hydrogen-bond donors (Lipinski definition) is 2. The molecule has 2 rings (SSSR count). The van der Waals surface area contributed by atoms with Gasteiger partial charge in [0.25, 0.3) is 5.91 Å². The number of allylic oxidation sites excluding steroid dienone is 1. The van der Waals surface area contributed by atoms with E-state index in [1.807, 2.05) is 0 Å². The maximum atomic E-state index is 15.6. The fourth-order valence-corrected chi connectivity index (χ4v) is 4.37. The average Bonchev–Trinajstić information content (AvgIpc) is 2.81. The van der Waals surface area contributed by atoms with Crippen molar-refractivity contribution in [1.29, 1.82) is 0 Å². The minimum atomic E-state index is -5.64. The molecule has 0 aliphatic heterocycles. The number of amides is 2. The number of rotatable bonds is 7. The molecule has 2 aromatic rings. The molecule has 0 heterocycles. The van der Waals surface area contributed by atoms with Gasteiger partial charge in [0.1, 0.15) is 18.3 Å².